The molecule has 1 heterocycles. The third-order valence-electron chi connectivity index (χ3n) is 5.15. The number of hydrogen-bond donors (Lipinski definition) is 0. The molecule has 2 fully saturated rings. The summed E-state index contributed by atoms with van der Waals surface area (Å²) < 4.78 is 23.6. The average Bonchev–Trinajstić information content (AvgIpc) is 2.45. The number of hydrogen-bond acceptors (Lipinski definition) is 4. The quantitative estimate of drug-likeness (QED) is 0.778. The molecule has 4 nitrogen and oxygen atoms in total. The second-order valence-electron chi connectivity index (χ2n) is 7.33. The molecule has 0 radical (unpaired) electrons. The molecule has 124 valence electrons. The van der Waals surface area contributed by atoms with Crippen LogP contribution in [0.25, 0.3) is 0 Å². The van der Waals surface area contributed by atoms with E-state index in [-0.39, 0.29) is 5.25 Å². The lowest BCUT2D eigenvalue weighted by molar-refractivity contribution is 0.0774. The summed E-state index contributed by atoms with van der Waals surface area (Å²) in [5, 5.41) is -0.102. The summed E-state index contributed by atoms with van der Waals surface area (Å²) in [4.78, 5) is 5.11. The lowest BCUT2D eigenvalue weighted by Gasteiger charge is -2.42. The summed E-state index contributed by atoms with van der Waals surface area (Å²) in [5.74, 6) is 0.775. The van der Waals surface area contributed by atoms with Gasteiger partial charge in [0.2, 0.25) is 0 Å². The first kappa shape index (κ1) is 17.2. The molecule has 1 saturated carbocycles. The molecule has 2 atom stereocenters. The molecule has 0 aromatic carbocycles. The van der Waals surface area contributed by atoms with E-state index >= 15 is 0 Å². The van der Waals surface area contributed by atoms with Crippen molar-refractivity contribution in [3.05, 3.63) is 0 Å². The highest BCUT2D eigenvalue weighted by molar-refractivity contribution is 7.91. The smallest absolute Gasteiger partial charge is 0.150 e. The Kier molecular flexibility index (Phi) is 6.09. The maximum absolute atomic E-state index is 11.8. The van der Waals surface area contributed by atoms with E-state index in [1.807, 2.05) is 0 Å². The zero-order chi connectivity index (χ0) is 15.5. The van der Waals surface area contributed by atoms with Gasteiger partial charge in [-0.25, -0.2) is 8.42 Å². The highest BCUT2D eigenvalue weighted by Crippen LogP contribution is 2.28. The molecule has 5 heteroatoms. The first-order valence-corrected chi connectivity index (χ1v) is 10.5. The zero-order valence-electron chi connectivity index (χ0n) is 13.9. The van der Waals surface area contributed by atoms with Gasteiger partial charge in [0.15, 0.2) is 0 Å². The molecule has 0 unspecified atom stereocenters. The minimum Gasteiger partial charge on any atom is -0.301 e. The molecular formula is C16H32N2O2S. The van der Waals surface area contributed by atoms with Crippen LogP contribution in [0.3, 0.4) is 0 Å². The number of piperazine rings is 1. The van der Waals surface area contributed by atoms with E-state index in [9.17, 15) is 8.42 Å². The molecule has 21 heavy (non-hydrogen) atoms. The van der Waals surface area contributed by atoms with Crippen LogP contribution in [0.2, 0.25) is 0 Å². The standard InChI is InChI=1S/C16H32N2O2S/c1-14(2)7-8-17-9-11-18(12-10-17)15-5-4-6-16(13-15)21(3,19)20/h14-16H,4-13H2,1-3H3/t15-,16-/m1/s1. The Morgan fingerprint density at radius 3 is 2.33 bits per heavy atom. The first-order chi connectivity index (χ1) is 9.86. The minimum absolute atomic E-state index is 0.102. The van der Waals surface area contributed by atoms with Crippen LogP contribution in [0.5, 0.6) is 0 Å². The third-order valence-corrected chi connectivity index (χ3v) is 6.79. The summed E-state index contributed by atoms with van der Waals surface area (Å²) in [6, 6.07) is 0.491. The van der Waals surface area contributed by atoms with Gasteiger partial charge in [-0.2, -0.15) is 0 Å². The van der Waals surface area contributed by atoms with Gasteiger partial charge in [-0.05, 0) is 38.1 Å². The Morgan fingerprint density at radius 2 is 1.76 bits per heavy atom. The van der Waals surface area contributed by atoms with Gasteiger partial charge in [-0.15, -0.1) is 0 Å². The van der Waals surface area contributed by atoms with Gasteiger partial charge in [0.05, 0.1) is 5.25 Å². The molecule has 1 aliphatic carbocycles. The second kappa shape index (κ2) is 7.42. The number of rotatable bonds is 5. The monoisotopic (exact) mass is 316 g/mol. The molecule has 2 aliphatic rings. The molecule has 0 amide bonds. The molecule has 0 N–H and O–H groups in total. The highest BCUT2D eigenvalue weighted by atomic mass is 32.2. The van der Waals surface area contributed by atoms with Crippen molar-refractivity contribution in [1.82, 2.24) is 9.80 Å². The van der Waals surface area contributed by atoms with Gasteiger partial charge in [-0.1, -0.05) is 20.3 Å². The fourth-order valence-corrected chi connectivity index (χ4v) is 4.80. The van der Waals surface area contributed by atoms with E-state index in [1.165, 1.54) is 25.6 Å². The molecule has 0 bridgehead atoms. The van der Waals surface area contributed by atoms with Crippen LogP contribution >= 0.6 is 0 Å². The van der Waals surface area contributed by atoms with Crippen LogP contribution in [0.1, 0.15) is 46.0 Å². The molecule has 0 aromatic rings. The fourth-order valence-electron chi connectivity index (χ4n) is 3.63. The lowest BCUT2D eigenvalue weighted by atomic mass is 9.93. The Labute approximate surface area is 130 Å². The van der Waals surface area contributed by atoms with Crippen molar-refractivity contribution in [2.24, 2.45) is 5.92 Å². The predicted octanol–water partition coefficient (Wildman–Crippen LogP) is 2.01. The van der Waals surface area contributed by atoms with Crippen LogP contribution in [0, 0.1) is 5.92 Å². The van der Waals surface area contributed by atoms with Crippen LogP contribution in [-0.2, 0) is 9.84 Å². The van der Waals surface area contributed by atoms with Gasteiger partial charge in [0.25, 0.3) is 0 Å². The van der Waals surface area contributed by atoms with Crippen molar-refractivity contribution in [2.75, 3.05) is 39.0 Å². The maximum Gasteiger partial charge on any atom is 0.150 e. The highest BCUT2D eigenvalue weighted by Gasteiger charge is 2.33. The van der Waals surface area contributed by atoms with Crippen LogP contribution in [-0.4, -0.2) is 68.5 Å². The zero-order valence-corrected chi connectivity index (χ0v) is 14.7. The van der Waals surface area contributed by atoms with Crippen molar-refractivity contribution in [2.45, 2.75) is 57.2 Å². The summed E-state index contributed by atoms with van der Waals surface area (Å²) >= 11 is 0. The molecular weight excluding hydrogens is 284 g/mol. The Hall–Kier alpha value is -0.130. The van der Waals surface area contributed by atoms with Crippen molar-refractivity contribution < 1.29 is 8.42 Å². The van der Waals surface area contributed by atoms with Crippen molar-refractivity contribution in [3.63, 3.8) is 0 Å². The SMILES string of the molecule is CC(C)CCN1CCN([C@@H]2CCC[C@@H](S(C)(=O)=O)C2)CC1. The Morgan fingerprint density at radius 1 is 1.10 bits per heavy atom. The number of nitrogens with zero attached hydrogens (tertiary/aromatic N) is 2. The van der Waals surface area contributed by atoms with Gasteiger partial charge in [0.1, 0.15) is 9.84 Å². The third kappa shape index (κ3) is 5.22. The second-order valence-corrected chi connectivity index (χ2v) is 9.66. The van der Waals surface area contributed by atoms with Gasteiger partial charge in [0, 0.05) is 38.5 Å². The normalized spacial score (nSPS) is 29.9. The summed E-state index contributed by atoms with van der Waals surface area (Å²) in [6.45, 7) is 10.3. The van der Waals surface area contributed by atoms with E-state index in [0.717, 1.165) is 51.4 Å². The van der Waals surface area contributed by atoms with E-state index in [0.29, 0.717) is 6.04 Å². The van der Waals surface area contributed by atoms with Crippen molar-refractivity contribution in [1.29, 1.82) is 0 Å². The number of sulfone groups is 1. The van der Waals surface area contributed by atoms with Crippen LogP contribution < -0.4 is 0 Å². The van der Waals surface area contributed by atoms with E-state index < -0.39 is 9.84 Å². The lowest BCUT2D eigenvalue weighted by Crippen LogP contribution is -2.52. The van der Waals surface area contributed by atoms with Gasteiger partial charge < -0.3 is 4.90 Å². The van der Waals surface area contributed by atoms with Crippen LogP contribution in [0.15, 0.2) is 0 Å². The Balaban J connectivity index is 1.79. The van der Waals surface area contributed by atoms with Gasteiger partial charge >= 0.3 is 0 Å². The predicted molar refractivity (Wildman–Crippen MR) is 88.4 cm³/mol. The van der Waals surface area contributed by atoms with E-state index in [2.05, 4.69) is 23.6 Å². The molecule has 0 aromatic heterocycles. The summed E-state index contributed by atoms with van der Waals surface area (Å²) in [5.41, 5.74) is 0. The van der Waals surface area contributed by atoms with Crippen molar-refractivity contribution in [3.8, 4) is 0 Å². The largest absolute Gasteiger partial charge is 0.301 e. The molecule has 1 saturated heterocycles. The topological polar surface area (TPSA) is 40.6 Å². The fraction of sp³-hybridized carbons (Fsp3) is 1.00. The van der Waals surface area contributed by atoms with E-state index in [1.54, 1.807) is 0 Å². The minimum atomic E-state index is -2.86. The van der Waals surface area contributed by atoms with E-state index in [4.69, 9.17) is 0 Å². The molecule has 1 aliphatic heterocycles. The van der Waals surface area contributed by atoms with Crippen LogP contribution in [0.4, 0.5) is 0 Å². The average molecular weight is 317 g/mol. The van der Waals surface area contributed by atoms with Crippen molar-refractivity contribution >= 4 is 9.84 Å². The Bertz CT molecular complexity index is 414. The maximum atomic E-state index is 11.8. The molecule has 0 spiro atoms. The van der Waals surface area contributed by atoms with Gasteiger partial charge in [-0.3, -0.25) is 4.90 Å². The summed E-state index contributed by atoms with van der Waals surface area (Å²) in [7, 11) is -2.86. The summed E-state index contributed by atoms with van der Waals surface area (Å²) in [6.07, 6.45) is 6.64. The first-order valence-electron chi connectivity index (χ1n) is 8.51. The molecule has 2 rings (SSSR count).